The maximum absolute atomic E-state index is 12.6. The van der Waals surface area contributed by atoms with Gasteiger partial charge in [-0.15, -0.1) is 0 Å². The first-order valence-electron chi connectivity index (χ1n) is 15.5. The first kappa shape index (κ1) is 42.5. The molecule has 12 atom stereocenters. The van der Waals surface area contributed by atoms with Crippen LogP contribution in [0.2, 0.25) is 0 Å². The van der Waals surface area contributed by atoms with E-state index in [-0.39, 0.29) is 34.6 Å². The van der Waals surface area contributed by atoms with Crippen LogP contribution in [0.4, 0.5) is 23.4 Å². The molecule has 28 nitrogen and oxygen atoms in total. The Hall–Kier alpha value is -3.66. The van der Waals surface area contributed by atoms with Crippen molar-refractivity contribution in [1.29, 1.82) is 0 Å². The number of fused-ring (bicyclic) bond motifs is 1. The van der Waals surface area contributed by atoms with Crippen molar-refractivity contribution in [2.45, 2.75) is 56.0 Å². The van der Waals surface area contributed by atoms with Gasteiger partial charge in [0.05, 0.1) is 25.6 Å². The van der Waals surface area contributed by atoms with Crippen molar-refractivity contribution < 1.29 is 75.9 Å². The number of hydrogen-bond donors (Lipinski definition) is 12. The van der Waals surface area contributed by atoms with E-state index in [1.165, 1.54) is 24.9 Å². The zero-order valence-corrected chi connectivity index (χ0v) is 31.0. The standard InChI is InChI=1S/C24H37N10O18P3/c1-4-33(17-11(27-3)19(39)31-23(25)29-17)22-16(38)15(37)14(36)10(50-22)6-48-54(43,44)52-55(45,46)51-53(41,42)47-5-9-13(35)8(2)21(49-9)34-7-28-12-18(34)30-24(26)32-20(12)40/h4,7-10,13-16,21-22,27,35-38H,1,5-6H2,2-3H3,(H,41,42)(H,43,44)(H,45,46)(H3,25,29,31,39)(H3,26,30,32,40)/t8-,9-,10-,13+,14-,15+,16-,21-,22-/m1/s1. The van der Waals surface area contributed by atoms with Crippen molar-refractivity contribution >= 4 is 58.0 Å². The van der Waals surface area contributed by atoms with Gasteiger partial charge < -0.3 is 66.3 Å². The highest BCUT2D eigenvalue weighted by atomic mass is 31.3. The molecule has 0 amide bonds. The lowest BCUT2D eigenvalue weighted by molar-refractivity contribution is -0.226. The molecule has 5 rings (SSSR count). The fourth-order valence-electron chi connectivity index (χ4n) is 5.64. The largest absolute Gasteiger partial charge is 0.490 e. The number of aliphatic hydroxyl groups is 4. The van der Waals surface area contributed by atoms with E-state index in [0.29, 0.717) is 0 Å². The number of nitrogens with one attached hydrogen (secondary N) is 3. The molecule has 0 bridgehead atoms. The molecule has 2 aliphatic rings. The van der Waals surface area contributed by atoms with Gasteiger partial charge in [-0.05, 0) is 0 Å². The van der Waals surface area contributed by atoms with Crippen LogP contribution in [0.1, 0.15) is 13.2 Å². The van der Waals surface area contributed by atoms with Crippen LogP contribution in [0.3, 0.4) is 0 Å². The molecule has 0 spiro atoms. The Morgan fingerprint density at radius 2 is 1.47 bits per heavy atom. The number of rotatable bonds is 15. The monoisotopic (exact) mass is 846 g/mol. The van der Waals surface area contributed by atoms with Gasteiger partial charge in [-0.3, -0.25) is 33.2 Å². The summed E-state index contributed by atoms with van der Waals surface area (Å²) in [5.41, 5.74) is 9.51. The van der Waals surface area contributed by atoms with Gasteiger partial charge in [-0.2, -0.15) is 18.6 Å². The molecule has 3 aromatic heterocycles. The molecule has 5 heterocycles. The van der Waals surface area contributed by atoms with E-state index < -0.39 is 103 Å². The summed E-state index contributed by atoms with van der Waals surface area (Å²) in [6, 6.07) is 0. The molecule has 0 aliphatic carbocycles. The van der Waals surface area contributed by atoms with Crippen molar-refractivity contribution in [1.82, 2.24) is 29.5 Å². The number of phosphoric acid groups is 3. The highest BCUT2D eigenvalue weighted by molar-refractivity contribution is 7.66. The third-order valence-corrected chi connectivity index (χ3v) is 12.4. The molecular formula is C24H37N10O18P3. The SMILES string of the molecule is C=CN(c1nc(N)[nH]c(=O)c1NC)[C@@H]1O[C@H](COP(=O)(O)OP(=O)(O)OP(=O)(O)OC[C@H]2O[C@@H](n3cnc4c(=O)[nH]c(N)nc43)[C@H](C)[C@@H]2O)[C@@H](O)[C@H](O)[C@H]1O. The van der Waals surface area contributed by atoms with Gasteiger partial charge in [-0.1, -0.05) is 13.5 Å². The van der Waals surface area contributed by atoms with E-state index in [2.05, 4.69) is 54.5 Å². The average molecular weight is 847 g/mol. The molecule has 0 radical (unpaired) electrons. The first-order valence-corrected chi connectivity index (χ1v) is 20.0. The highest BCUT2D eigenvalue weighted by Crippen LogP contribution is 2.67. The molecule has 3 aromatic rings. The molecule has 2 saturated heterocycles. The van der Waals surface area contributed by atoms with Crippen LogP contribution in [-0.4, -0.2) is 128 Å². The third-order valence-electron chi connectivity index (χ3n) is 8.20. The van der Waals surface area contributed by atoms with Gasteiger partial charge in [-0.25, -0.2) is 18.7 Å². The van der Waals surface area contributed by atoms with Crippen molar-refractivity contribution in [2.24, 2.45) is 5.92 Å². The van der Waals surface area contributed by atoms with Crippen LogP contribution >= 0.6 is 23.5 Å². The van der Waals surface area contributed by atoms with Gasteiger partial charge in [0.2, 0.25) is 11.9 Å². The summed E-state index contributed by atoms with van der Waals surface area (Å²) in [5, 5.41) is 45.0. The number of ether oxygens (including phenoxy) is 2. The Morgan fingerprint density at radius 1 is 0.909 bits per heavy atom. The minimum absolute atomic E-state index is 0.00931. The first-order chi connectivity index (χ1) is 25.6. The Labute approximate surface area is 307 Å². The van der Waals surface area contributed by atoms with Crippen LogP contribution in [0.5, 0.6) is 0 Å². The molecule has 55 heavy (non-hydrogen) atoms. The molecule has 2 fully saturated rings. The second-order valence-electron chi connectivity index (χ2n) is 11.9. The number of hydrogen-bond acceptors (Lipinski definition) is 22. The molecule has 14 N–H and O–H groups in total. The number of anilines is 4. The Bertz CT molecular complexity index is 2170. The second-order valence-corrected chi connectivity index (χ2v) is 16.5. The number of imidazole rings is 1. The number of H-pyrrole nitrogens is 2. The lowest BCUT2D eigenvalue weighted by Crippen LogP contribution is -2.62. The summed E-state index contributed by atoms with van der Waals surface area (Å²) >= 11 is 0. The number of nitrogen functional groups attached to an aromatic ring is 2. The minimum Gasteiger partial charge on any atom is -0.390 e. The smallest absolute Gasteiger partial charge is 0.390 e. The van der Waals surface area contributed by atoms with E-state index in [9.17, 15) is 58.4 Å². The topological polar surface area (TPSA) is 425 Å². The van der Waals surface area contributed by atoms with E-state index in [1.54, 1.807) is 0 Å². The number of phosphoric ester groups is 2. The Kier molecular flexibility index (Phi) is 12.4. The lowest BCUT2D eigenvalue weighted by atomic mass is 9.98. The van der Waals surface area contributed by atoms with Gasteiger partial charge in [0, 0.05) is 19.2 Å². The van der Waals surface area contributed by atoms with E-state index in [4.69, 9.17) is 20.9 Å². The number of nitrogens with two attached hydrogens (primary N) is 2. The molecular weight excluding hydrogens is 809 g/mol. The third kappa shape index (κ3) is 9.16. The Balaban J connectivity index is 1.20. The number of aromatic amines is 2. The van der Waals surface area contributed by atoms with Crippen molar-refractivity contribution in [3.05, 3.63) is 39.8 Å². The van der Waals surface area contributed by atoms with Crippen LogP contribution in [0, 0.1) is 5.92 Å². The summed E-state index contributed by atoms with van der Waals surface area (Å²) in [6.07, 6.45) is -11.3. The zero-order chi connectivity index (χ0) is 40.8. The van der Waals surface area contributed by atoms with Gasteiger partial charge in [0.15, 0.2) is 23.2 Å². The average Bonchev–Trinajstić information content (AvgIpc) is 3.62. The summed E-state index contributed by atoms with van der Waals surface area (Å²) in [5.74, 6) is -1.67. The van der Waals surface area contributed by atoms with E-state index in [0.717, 1.165) is 11.1 Å². The molecule has 3 unspecified atom stereocenters. The predicted octanol–water partition coefficient (Wildman–Crippen LogP) is -2.87. The van der Waals surface area contributed by atoms with Gasteiger partial charge in [0.1, 0.15) is 42.4 Å². The molecule has 31 heteroatoms. The van der Waals surface area contributed by atoms with Crippen LogP contribution in [-0.2, 0) is 40.8 Å². The second kappa shape index (κ2) is 16.1. The van der Waals surface area contributed by atoms with Crippen molar-refractivity contribution in [3.8, 4) is 0 Å². The highest BCUT2D eigenvalue weighted by Gasteiger charge is 2.49. The summed E-state index contributed by atoms with van der Waals surface area (Å²) < 4.78 is 67.8. The summed E-state index contributed by atoms with van der Waals surface area (Å²) in [4.78, 5) is 72.2. The molecule has 306 valence electrons. The maximum atomic E-state index is 12.6. The van der Waals surface area contributed by atoms with Crippen LogP contribution < -0.4 is 32.8 Å². The maximum Gasteiger partial charge on any atom is 0.490 e. The molecule has 2 aliphatic heterocycles. The van der Waals surface area contributed by atoms with Crippen molar-refractivity contribution in [3.63, 3.8) is 0 Å². The predicted molar refractivity (Wildman–Crippen MR) is 183 cm³/mol. The molecule has 0 aromatic carbocycles. The number of nitrogens with zero attached hydrogens (tertiary/aromatic N) is 5. The van der Waals surface area contributed by atoms with Gasteiger partial charge >= 0.3 is 23.5 Å². The fraction of sp³-hybridized carbons (Fsp3) is 0.542. The summed E-state index contributed by atoms with van der Waals surface area (Å²) in [6.45, 7) is 2.88. The normalized spacial score (nSPS) is 30.3. The Morgan fingerprint density at radius 3 is 2.05 bits per heavy atom. The van der Waals surface area contributed by atoms with E-state index >= 15 is 0 Å². The zero-order valence-electron chi connectivity index (χ0n) is 28.3. The van der Waals surface area contributed by atoms with E-state index in [1.807, 2.05) is 0 Å². The minimum atomic E-state index is -6.03. The van der Waals surface area contributed by atoms with Crippen LogP contribution in [0.15, 0.2) is 28.7 Å². The quantitative estimate of drug-likeness (QED) is 0.0684. The summed E-state index contributed by atoms with van der Waals surface area (Å²) in [7, 11) is -16.1. The van der Waals surface area contributed by atoms with Crippen molar-refractivity contribution in [2.75, 3.05) is 41.9 Å². The number of aromatic nitrogens is 6. The van der Waals surface area contributed by atoms with Gasteiger partial charge in [0.25, 0.3) is 11.1 Å². The fourth-order valence-corrected chi connectivity index (χ4v) is 9.16. The molecule has 0 saturated carbocycles. The lowest BCUT2D eigenvalue weighted by Gasteiger charge is -2.44. The number of aliphatic hydroxyl groups excluding tert-OH is 4. The van der Waals surface area contributed by atoms with Crippen LogP contribution in [0.25, 0.3) is 11.2 Å².